The Morgan fingerprint density at radius 2 is 1.68 bits per heavy atom. The lowest BCUT2D eigenvalue weighted by Gasteiger charge is -2.38. The molecule has 0 radical (unpaired) electrons. The Hall–Kier alpha value is -3.23. The van der Waals surface area contributed by atoms with Gasteiger partial charge >= 0.3 is 6.36 Å². The van der Waals surface area contributed by atoms with Gasteiger partial charge in [0.05, 0.1) is 13.2 Å². The van der Waals surface area contributed by atoms with Crippen LogP contribution in [0.4, 0.5) is 13.2 Å². The Bertz CT molecular complexity index is 1220. The zero-order chi connectivity index (χ0) is 26.0. The van der Waals surface area contributed by atoms with Gasteiger partial charge < -0.3 is 14.6 Å². The number of ether oxygens (including phenoxy) is 2. The number of rotatable bonds is 7. The second kappa shape index (κ2) is 10.6. The molecule has 3 aromatic rings. The number of methoxy groups -OCH3 is 1. The number of phenols is 1. The predicted molar refractivity (Wildman–Crippen MR) is 135 cm³/mol. The van der Waals surface area contributed by atoms with Gasteiger partial charge in [0, 0.05) is 19.6 Å². The molecule has 1 saturated heterocycles. The van der Waals surface area contributed by atoms with Gasteiger partial charge in [0.25, 0.3) is 0 Å². The second-order valence-corrected chi connectivity index (χ2v) is 9.77. The van der Waals surface area contributed by atoms with Crippen molar-refractivity contribution < 1.29 is 27.8 Å². The molecule has 1 fully saturated rings. The molecule has 5 nitrogen and oxygen atoms in total. The van der Waals surface area contributed by atoms with E-state index in [4.69, 9.17) is 4.74 Å². The van der Waals surface area contributed by atoms with Gasteiger partial charge in [-0.15, -0.1) is 13.2 Å². The number of hydrogen-bond acceptors (Lipinski definition) is 5. The summed E-state index contributed by atoms with van der Waals surface area (Å²) in [5, 5.41) is 10.6. The standard InChI is InChI=1S/C29H31F3N2O3/c1-36-27-16-23-11-14-34(19-21-5-4-6-24(15-21)37-29(30,31)32)28(25(23)17-26(27)35)22-9-7-20(8-10-22)18-33-12-2-3-13-33/h4-10,15-17,28,35H,2-3,11-14,18-19H2,1H3. The predicted octanol–water partition coefficient (Wildman–Crippen LogP) is 6.04. The molecule has 196 valence electrons. The Labute approximate surface area is 215 Å². The minimum absolute atomic E-state index is 0.0688. The normalized spacial score (nSPS) is 18.5. The maximum atomic E-state index is 12.8. The number of halogens is 3. The average molecular weight is 513 g/mol. The largest absolute Gasteiger partial charge is 0.573 e. The van der Waals surface area contributed by atoms with E-state index < -0.39 is 6.36 Å². The highest BCUT2D eigenvalue weighted by Gasteiger charge is 2.32. The first-order valence-corrected chi connectivity index (χ1v) is 12.6. The fourth-order valence-corrected chi connectivity index (χ4v) is 5.49. The van der Waals surface area contributed by atoms with Crippen LogP contribution >= 0.6 is 0 Å². The van der Waals surface area contributed by atoms with Crippen molar-refractivity contribution in [2.24, 2.45) is 0 Å². The first-order chi connectivity index (χ1) is 17.8. The molecular formula is C29H31F3N2O3. The third-order valence-electron chi connectivity index (χ3n) is 7.19. The van der Waals surface area contributed by atoms with Gasteiger partial charge in [-0.1, -0.05) is 36.4 Å². The van der Waals surface area contributed by atoms with E-state index in [1.165, 1.54) is 37.6 Å². The van der Waals surface area contributed by atoms with Crippen LogP contribution in [0.5, 0.6) is 17.2 Å². The summed E-state index contributed by atoms with van der Waals surface area (Å²) in [4.78, 5) is 4.69. The van der Waals surface area contributed by atoms with Crippen LogP contribution in [0.15, 0.2) is 60.7 Å². The molecule has 1 N–H and O–H groups in total. The van der Waals surface area contributed by atoms with Crippen LogP contribution in [-0.4, -0.2) is 48.0 Å². The van der Waals surface area contributed by atoms with E-state index in [1.807, 2.05) is 6.07 Å². The summed E-state index contributed by atoms with van der Waals surface area (Å²) >= 11 is 0. The Morgan fingerprint density at radius 3 is 2.38 bits per heavy atom. The summed E-state index contributed by atoms with van der Waals surface area (Å²) in [7, 11) is 1.53. The number of hydrogen-bond donors (Lipinski definition) is 1. The van der Waals surface area contributed by atoms with Crippen molar-refractivity contribution in [3.05, 3.63) is 88.5 Å². The van der Waals surface area contributed by atoms with Gasteiger partial charge in [0.1, 0.15) is 5.75 Å². The molecule has 3 aromatic carbocycles. The number of nitrogens with zero attached hydrogens (tertiary/aromatic N) is 2. The highest BCUT2D eigenvalue weighted by atomic mass is 19.4. The van der Waals surface area contributed by atoms with Crippen molar-refractivity contribution in [2.45, 2.75) is 44.8 Å². The monoisotopic (exact) mass is 512 g/mol. The average Bonchev–Trinajstić information content (AvgIpc) is 3.36. The van der Waals surface area contributed by atoms with Crippen molar-refractivity contribution >= 4 is 0 Å². The molecule has 8 heteroatoms. The van der Waals surface area contributed by atoms with Crippen LogP contribution in [0.1, 0.15) is 46.7 Å². The van der Waals surface area contributed by atoms with Gasteiger partial charge in [0.2, 0.25) is 0 Å². The lowest BCUT2D eigenvalue weighted by molar-refractivity contribution is -0.274. The number of fused-ring (bicyclic) bond motifs is 1. The van der Waals surface area contributed by atoms with Crippen LogP contribution in [0.25, 0.3) is 0 Å². The topological polar surface area (TPSA) is 45.2 Å². The molecule has 0 amide bonds. The fraction of sp³-hybridized carbons (Fsp3) is 0.379. The summed E-state index contributed by atoms with van der Waals surface area (Å²) in [6, 6.07) is 18.2. The molecule has 0 bridgehead atoms. The van der Waals surface area contributed by atoms with Crippen molar-refractivity contribution in [3.63, 3.8) is 0 Å². The van der Waals surface area contributed by atoms with Crippen molar-refractivity contribution in [3.8, 4) is 17.2 Å². The Balaban J connectivity index is 1.46. The zero-order valence-electron chi connectivity index (χ0n) is 20.8. The van der Waals surface area contributed by atoms with Gasteiger partial charge in [-0.05, 0) is 84.4 Å². The van der Waals surface area contributed by atoms with Crippen LogP contribution < -0.4 is 9.47 Å². The molecule has 1 atom stereocenters. The molecule has 0 aliphatic carbocycles. The van der Waals surface area contributed by atoms with E-state index in [-0.39, 0.29) is 17.5 Å². The number of aromatic hydroxyl groups is 1. The maximum Gasteiger partial charge on any atom is 0.573 e. The minimum Gasteiger partial charge on any atom is -0.504 e. The van der Waals surface area contributed by atoms with E-state index in [2.05, 4.69) is 38.8 Å². The first kappa shape index (κ1) is 25.4. The Morgan fingerprint density at radius 1 is 0.919 bits per heavy atom. The van der Waals surface area contributed by atoms with E-state index >= 15 is 0 Å². The van der Waals surface area contributed by atoms with Crippen LogP contribution in [0.2, 0.25) is 0 Å². The minimum atomic E-state index is -4.74. The highest BCUT2D eigenvalue weighted by molar-refractivity contribution is 5.51. The summed E-state index contributed by atoms with van der Waals surface area (Å²) in [5.74, 6) is 0.274. The van der Waals surface area contributed by atoms with Crippen molar-refractivity contribution in [2.75, 3.05) is 26.7 Å². The van der Waals surface area contributed by atoms with Crippen LogP contribution in [0.3, 0.4) is 0 Å². The molecule has 37 heavy (non-hydrogen) atoms. The Kier molecular flexibility index (Phi) is 7.31. The number of likely N-dealkylation sites (tertiary alicyclic amines) is 1. The van der Waals surface area contributed by atoms with Crippen LogP contribution in [0, 0.1) is 0 Å². The SMILES string of the molecule is COc1cc2c(cc1O)C(c1ccc(CN3CCCC3)cc1)N(Cc1cccc(OC(F)(F)F)c1)CC2. The smallest absolute Gasteiger partial charge is 0.504 e. The number of phenolic OH excluding ortho intramolecular Hbond substituents is 1. The van der Waals surface area contributed by atoms with Gasteiger partial charge in [0.15, 0.2) is 11.5 Å². The van der Waals surface area contributed by atoms with Gasteiger partial charge in [-0.2, -0.15) is 0 Å². The first-order valence-electron chi connectivity index (χ1n) is 12.6. The van der Waals surface area contributed by atoms with E-state index in [0.717, 1.165) is 48.3 Å². The molecule has 2 heterocycles. The molecular weight excluding hydrogens is 481 g/mol. The van der Waals surface area contributed by atoms with E-state index in [9.17, 15) is 18.3 Å². The quantitative estimate of drug-likeness (QED) is 0.418. The maximum absolute atomic E-state index is 12.8. The molecule has 0 saturated carbocycles. The summed E-state index contributed by atoms with van der Waals surface area (Å²) in [6.07, 6.45) is -1.52. The van der Waals surface area contributed by atoms with Crippen molar-refractivity contribution in [1.82, 2.24) is 9.80 Å². The second-order valence-electron chi connectivity index (χ2n) is 9.77. The van der Waals surface area contributed by atoms with Gasteiger partial charge in [-0.25, -0.2) is 0 Å². The number of alkyl halides is 3. The van der Waals surface area contributed by atoms with E-state index in [1.54, 1.807) is 18.2 Å². The van der Waals surface area contributed by atoms with E-state index in [0.29, 0.717) is 18.8 Å². The number of benzene rings is 3. The molecule has 0 spiro atoms. The van der Waals surface area contributed by atoms with Crippen LogP contribution in [-0.2, 0) is 19.5 Å². The lowest BCUT2D eigenvalue weighted by atomic mass is 9.87. The molecule has 1 unspecified atom stereocenters. The lowest BCUT2D eigenvalue weighted by Crippen LogP contribution is -2.35. The molecule has 0 aromatic heterocycles. The third kappa shape index (κ3) is 6.02. The fourth-order valence-electron chi connectivity index (χ4n) is 5.49. The summed E-state index contributed by atoms with van der Waals surface area (Å²) in [5.41, 5.74) is 5.10. The molecule has 2 aliphatic heterocycles. The summed E-state index contributed by atoms with van der Waals surface area (Å²) < 4.78 is 47.8. The van der Waals surface area contributed by atoms with Crippen molar-refractivity contribution in [1.29, 1.82) is 0 Å². The molecule has 5 rings (SSSR count). The van der Waals surface area contributed by atoms with Gasteiger partial charge in [-0.3, -0.25) is 9.80 Å². The zero-order valence-corrected chi connectivity index (χ0v) is 20.8. The molecule has 2 aliphatic rings. The highest BCUT2D eigenvalue weighted by Crippen LogP contribution is 2.41. The third-order valence-corrected chi connectivity index (χ3v) is 7.19. The summed E-state index contributed by atoms with van der Waals surface area (Å²) in [6.45, 7) is 4.32.